The third kappa shape index (κ3) is 2.57. The highest BCUT2D eigenvalue weighted by molar-refractivity contribution is 6.31. The lowest BCUT2D eigenvalue weighted by molar-refractivity contribution is -0.123. The van der Waals surface area contributed by atoms with Crippen LogP contribution in [0.4, 0.5) is 0 Å². The lowest BCUT2D eigenvalue weighted by Crippen LogP contribution is -2.26. The summed E-state index contributed by atoms with van der Waals surface area (Å²) >= 11 is 5.97. The van der Waals surface area contributed by atoms with Gasteiger partial charge in [0.05, 0.1) is 6.07 Å². The van der Waals surface area contributed by atoms with Gasteiger partial charge in [-0.05, 0) is 31.9 Å². The van der Waals surface area contributed by atoms with Crippen LogP contribution in [0.5, 0.6) is 0 Å². The molecule has 0 heterocycles. The van der Waals surface area contributed by atoms with E-state index in [1.54, 1.807) is 13.0 Å². The van der Waals surface area contributed by atoms with Gasteiger partial charge in [-0.3, -0.25) is 4.79 Å². The molecule has 1 rings (SSSR count). The van der Waals surface area contributed by atoms with Crippen LogP contribution in [0, 0.1) is 16.7 Å². The molecule has 1 atom stereocenters. The summed E-state index contributed by atoms with van der Waals surface area (Å²) in [6.07, 6.45) is 0.360. The molecule has 78 valence electrons. The molecule has 0 spiro atoms. The van der Waals surface area contributed by atoms with E-state index < -0.39 is 5.41 Å². The van der Waals surface area contributed by atoms with Gasteiger partial charge in [-0.25, -0.2) is 0 Å². The van der Waals surface area contributed by atoms with E-state index in [4.69, 9.17) is 16.9 Å². The number of carbonyl (C=O) groups excluding carboxylic acids is 1. The van der Waals surface area contributed by atoms with Gasteiger partial charge in [0, 0.05) is 5.02 Å². The van der Waals surface area contributed by atoms with E-state index in [-0.39, 0.29) is 5.78 Å². The standard InChI is InChI=1S/C12H12ClNO/c1-9(15)12(2,8-14)7-10-5-3-4-6-11(10)13/h3-6H,7H2,1-2H3. The van der Waals surface area contributed by atoms with Gasteiger partial charge >= 0.3 is 0 Å². The molecule has 0 N–H and O–H groups in total. The quantitative estimate of drug-likeness (QED) is 0.787. The Morgan fingerprint density at radius 2 is 2.13 bits per heavy atom. The lowest BCUT2D eigenvalue weighted by Gasteiger charge is -2.18. The molecule has 0 bridgehead atoms. The Labute approximate surface area is 94.5 Å². The summed E-state index contributed by atoms with van der Waals surface area (Å²) in [4.78, 5) is 11.3. The monoisotopic (exact) mass is 221 g/mol. The van der Waals surface area contributed by atoms with Gasteiger partial charge in [0.25, 0.3) is 0 Å². The van der Waals surface area contributed by atoms with E-state index in [0.29, 0.717) is 11.4 Å². The predicted molar refractivity (Wildman–Crippen MR) is 59.6 cm³/mol. The Balaban J connectivity index is 3.01. The first-order valence-electron chi connectivity index (χ1n) is 4.65. The van der Waals surface area contributed by atoms with Gasteiger partial charge in [0.1, 0.15) is 11.2 Å². The fourth-order valence-electron chi connectivity index (χ4n) is 1.27. The van der Waals surface area contributed by atoms with Gasteiger partial charge in [-0.15, -0.1) is 0 Å². The zero-order valence-electron chi connectivity index (χ0n) is 8.75. The van der Waals surface area contributed by atoms with Crippen LogP contribution in [0.1, 0.15) is 19.4 Å². The van der Waals surface area contributed by atoms with Crippen LogP contribution in [0.25, 0.3) is 0 Å². The maximum Gasteiger partial charge on any atom is 0.150 e. The topological polar surface area (TPSA) is 40.9 Å². The number of hydrogen-bond acceptors (Lipinski definition) is 2. The second-order valence-electron chi connectivity index (χ2n) is 3.77. The first-order chi connectivity index (χ1) is 6.99. The minimum Gasteiger partial charge on any atom is -0.298 e. The summed E-state index contributed by atoms with van der Waals surface area (Å²) in [7, 11) is 0. The normalized spacial score (nSPS) is 14.0. The van der Waals surface area contributed by atoms with Gasteiger partial charge in [-0.1, -0.05) is 29.8 Å². The van der Waals surface area contributed by atoms with Crippen molar-refractivity contribution in [3.63, 3.8) is 0 Å². The largest absolute Gasteiger partial charge is 0.298 e. The minimum absolute atomic E-state index is 0.134. The molecule has 0 saturated heterocycles. The summed E-state index contributed by atoms with van der Waals surface area (Å²) in [5.74, 6) is -0.134. The van der Waals surface area contributed by atoms with Crippen molar-refractivity contribution in [2.45, 2.75) is 20.3 Å². The van der Waals surface area contributed by atoms with Gasteiger partial charge < -0.3 is 0 Å². The van der Waals surface area contributed by atoms with Crippen LogP contribution < -0.4 is 0 Å². The molecule has 2 nitrogen and oxygen atoms in total. The third-order valence-electron chi connectivity index (χ3n) is 2.53. The van der Waals surface area contributed by atoms with Crippen molar-refractivity contribution in [2.75, 3.05) is 0 Å². The average molecular weight is 222 g/mol. The fraction of sp³-hybridized carbons (Fsp3) is 0.333. The molecule has 3 heteroatoms. The zero-order chi connectivity index (χ0) is 11.5. The van der Waals surface area contributed by atoms with Gasteiger partial charge in [-0.2, -0.15) is 5.26 Å². The summed E-state index contributed by atoms with van der Waals surface area (Å²) in [6.45, 7) is 3.07. The number of carbonyl (C=O) groups is 1. The number of hydrogen-bond donors (Lipinski definition) is 0. The molecular weight excluding hydrogens is 210 g/mol. The molecule has 0 saturated carbocycles. The number of halogens is 1. The number of rotatable bonds is 3. The van der Waals surface area contributed by atoms with Crippen molar-refractivity contribution < 1.29 is 4.79 Å². The SMILES string of the molecule is CC(=O)C(C)(C#N)Cc1ccccc1Cl. The van der Waals surface area contributed by atoms with E-state index >= 15 is 0 Å². The van der Waals surface area contributed by atoms with Crippen molar-refractivity contribution in [1.82, 2.24) is 0 Å². The van der Waals surface area contributed by atoms with Crippen LogP contribution in [-0.2, 0) is 11.2 Å². The molecule has 1 aromatic carbocycles. The van der Waals surface area contributed by atoms with Crippen molar-refractivity contribution in [3.8, 4) is 6.07 Å². The Bertz CT molecular complexity index is 422. The molecule has 0 amide bonds. The summed E-state index contributed by atoms with van der Waals surface area (Å²) < 4.78 is 0. The summed E-state index contributed by atoms with van der Waals surface area (Å²) in [5, 5.41) is 9.59. The van der Waals surface area contributed by atoms with Gasteiger partial charge in [0.2, 0.25) is 0 Å². The van der Waals surface area contributed by atoms with Crippen LogP contribution in [0.2, 0.25) is 5.02 Å². The molecule has 0 aliphatic rings. The molecule has 0 aliphatic carbocycles. The van der Waals surface area contributed by atoms with Crippen LogP contribution in [-0.4, -0.2) is 5.78 Å². The maximum absolute atomic E-state index is 11.3. The lowest BCUT2D eigenvalue weighted by atomic mass is 9.82. The highest BCUT2D eigenvalue weighted by Gasteiger charge is 2.30. The number of Topliss-reactive ketones (excluding diaryl/α,β-unsaturated/α-hetero) is 1. The van der Waals surface area contributed by atoms with Crippen LogP contribution in [0.3, 0.4) is 0 Å². The van der Waals surface area contributed by atoms with E-state index in [1.807, 2.05) is 24.3 Å². The highest BCUT2D eigenvalue weighted by Crippen LogP contribution is 2.26. The molecule has 1 aromatic rings. The van der Waals surface area contributed by atoms with Crippen molar-refractivity contribution in [3.05, 3.63) is 34.9 Å². The zero-order valence-corrected chi connectivity index (χ0v) is 9.51. The molecule has 0 fully saturated rings. The smallest absolute Gasteiger partial charge is 0.150 e. The first kappa shape index (κ1) is 11.7. The Morgan fingerprint density at radius 1 is 1.53 bits per heavy atom. The fourth-order valence-corrected chi connectivity index (χ4v) is 1.47. The van der Waals surface area contributed by atoms with E-state index in [1.165, 1.54) is 6.92 Å². The Kier molecular flexibility index (Phi) is 3.49. The molecule has 0 aromatic heterocycles. The predicted octanol–water partition coefficient (Wildman–Crippen LogP) is 3.00. The van der Waals surface area contributed by atoms with E-state index in [0.717, 1.165) is 5.56 Å². The number of nitriles is 1. The Hall–Kier alpha value is -1.33. The maximum atomic E-state index is 11.3. The van der Waals surface area contributed by atoms with Crippen LogP contribution >= 0.6 is 11.6 Å². The van der Waals surface area contributed by atoms with Crippen molar-refractivity contribution >= 4 is 17.4 Å². The molecule has 0 radical (unpaired) electrons. The first-order valence-corrected chi connectivity index (χ1v) is 5.03. The average Bonchev–Trinajstić information content (AvgIpc) is 2.21. The third-order valence-corrected chi connectivity index (χ3v) is 2.89. The second-order valence-corrected chi connectivity index (χ2v) is 4.18. The van der Waals surface area contributed by atoms with Crippen molar-refractivity contribution in [2.24, 2.45) is 5.41 Å². The molecule has 15 heavy (non-hydrogen) atoms. The minimum atomic E-state index is -0.981. The summed E-state index contributed by atoms with van der Waals surface area (Å²) in [6, 6.07) is 9.31. The van der Waals surface area contributed by atoms with E-state index in [2.05, 4.69) is 0 Å². The van der Waals surface area contributed by atoms with Crippen LogP contribution in [0.15, 0.2) is 24.3 Å². The number of ketones is 1. The summed E-state index contributed by atoms with van der Waals surface area (Å²) in [5.41, 5.74) is -0.149. The number of nitrogens with zero attached hydrogens (tertiary/aromatic N) is 1. The number of benzene rings is 1. The molecule has 0 aliphatic heterocycles. The molecular formula is C12H12ClNO. The second kappa shape index (κ2) is 4.46. The van der Waals surface area contributed by atoms with E-state index in [9.17, 15) is 4.79 Å². The molecule has 1 unspecified atom stereocenters. The van der Waals surface area contributed by atoms with Crippen molar-refractivity contribution in [1.29, 1.82) is 5.26 Å². The Morgan fingerprint density at radius 3 is 2.60 bits per heavy atom. The van der Waals surface area contributed by atoms with Gasteiger partial charge in [0.15, 0.2) is 0 Å². The highest BCUT2D eigenvalue weighted by atomic mass is 35.5.